The van der Waals surface area contributed by atoms with Crippen LogP contribution in [0.1, 0.15) is 53.4 Å². The Kier molecular flexibility index (Phi) is 1.99. The maximum atomic E-state index is 2.75. The standard InChI is InChI=1S/C12H23N/c1-10(2)13-8-7-11(3,4)9-12(13)5-6-12/h10H,5-9H2,1-4H3. The average molecular weight is 181 g/mol. The van der Waals surface area contributed by atoms with Crippen LogP contribution in [0, 0.1) is 5.41 Å². The fraction of sp³-hybridized carbons (Fsp3) is 1.00. The number of nitrogens with zero attached hydrogens (tertiary/aromatic N) is 1. The molecule has 0 aromatic rings. The van der Waals surface area contributed by atoms with Crippen molar-refractivity contribution in [3.63, 3.8) is 0 Å². The predicted octanol–water partition coefficient (Wildman–Crippen LogP) is 3.05. The molecule has 1 spiro atoms. The van der Waals surface area contributed by atoms with Crippen LogP contribution in [0.4, 0.5) is 0 Å². The van der Waals surface area contributed by atoms with Crippen LogP contribution in [0.25, 0.3) is 0 Å². The Labute approximate surface area is 82.5 Å². The minimum absolute atomic E-state index is 0.599. The van der Waals surface area contributed by atoms with E-state index in [9.17, 15) is 0 Å². The van der Waals surface area contributed by atoms with E-state index in [1.165, 1.54) is 32.2 Å². The molecule has 1 saturated heterocycles. The second-order valence-electron chi connectivity index (χ2n) is 6.10. The van der Waals surface area contributed by atoms with E-state index in [1.54, 1.807) is 0 Å². The predicted molar refractivity (Wildman–Crippen MR) is 56.8 cm³/mol. The molecular weight excluding hydrogens is 158 g/mol. The highest BCUT2D eigenvalue weighted by Gasteiger charge is 2.53. The normalized spacial score (nSPS) is 31.2. The summed E-state index contributed by atoms with van der Waals surface area (Å²) >= 11 is 0. The van der Waals surface area contributed by atoms with Gasteiger partial charge in [-0.1, -0.05) is 13.8 Å². The van der Waals surface area contributed by atoms with Crippen molar-refractivity contribution in [2.24, 2.45) is 5.41 Å². The third kappa shape index (κ3) is 1.63. The van der Waals surface area contributed by atoms with Crippen LogP contribution in [-0.4, -0.2) is 23.0 Å². The molecule has 1 saturated carbocycles. The zero-order chi connectivity index (χ0) is 9.69. The van der Waals surface area contributed by atoms with Crippen LogP contribution in [0.5, 0.6) is 0 Å². The smallest absolute Gasteiger partial charge is 0.0218 e. The summed E-state index contributed by atoms with van der Waals surface area (Å²) in [7, 11) is 0. The molecule has 0 bridgehead atoms. The van der Waals surface area contributed by atoms with Gasteiger partial charge in [-0.15, -0.1) is 0 Å². The SMILES string of the molecule is CC(C)N1CCC(C)(C)CC12CC2. The van der Waals surface area contributed by atoms with Crippen molar-refractivity contribution >= 4 is 0 Å². The fourth-order valence-corrected chi connectivity index (χ4v) is 3.16. The van der Waals surface area contributed by atoms with Crippen molar-refractivity contribution in [3.05, 3.63) is 0 Å². The number of rotatable bonds is 1. The van der Waals surface area contributed by atoms with Gasteiger partial charge in [0.1, 0.15) is 0 Å². The van der Waals surface area contributed by atoms with E-state index in [0.29, 0.717) is 11.0 Å². The molecule has 0 N–H and O–H groups in total. The molecule has 1 nitrogen and oxygen atoms in total. The Morgan fingerprint density at radius 2 is 1.69 bits per heavy atom. The maximum Gasteiger partial charge on any atom is 0.0218 e. The monoisotopic (exact) mass is 181 g/mol. The molecule has 0 amide bonds. The molecule has 1 aliphatic heterocycles. The molecule has 1 heterocycles. The van der Waals surface area contributed by atoms with Crippen LogP contribution in [0.15, 0.2) is 0 Å². The second-order valence-corrected chi connectivity index (χ2v) is 6.10. The average Bonchev–Trinajstić information content (AvgIpc) is 2.66. The van der Waals surface area contributed by atoms with Crippen LogP contribution >= 0.6 is 0 Å². The Balaban J connectivity index is 2.10. The summed E-state index contributed by atoms with van der Waals surface area (Å²) < 4.78 is 0. The molecule has 2 fully saturated rings. The molecule has 2 aliphatic rings. The summed E-state index contributed by atoms with van der Waals surface area (Å²) in [5.74, 6) is 0. The zero-order valence-corrected chi connectivity index (χ0v) is 9.56. The summed E-state index contributed by atoms with van der Waals surface area (Å²) in [6.45, 7) is 10.9. The summed E-state index contributed by atoms with van der Waals surface area (Å²) in [5, 5.41) is 0. The summed E-state index contributed by atoms with van der Waals surface area (Å²) in [6.07, 6.45) is 5.72. The highest BCUT2D eigenvalue weighted by atomic mass is 15.3. The van der Waals surface area contributed by atoms with E-state index in [-0.39, 0.29) is 0 Å². The van der Waals surface area contributed by atoms with Gasteiger partial charge in [-0.3, -0.25) is 4.90 Å². The number of likely N-dealkylation sites (tertiary alicyclic amines) is 1. The van der Waals surface area contributed by atoms with E-state index >= 15 is 0 Å². The third-order valence-corrected chi connectivity index (χ3v) is 3.90. The lowest BCUT2D eigenvalue weighted by Gasteiger charge is -2.46. The zero-order valence-electron chi connectivity index (χ0n) is 9.56. The van der Waals surface area contributed by atoms with Gasteiger partial charge in [-0.2, -0.15) is 0 Å². The van der Waals surface area contributed by atoms with Crippen molar-refractivity contribution in [2.45, 2.75) is 65.0 Å². The second kappa shape index (κ2) is 2.73. The van der Waals surface area contributed by atoms with Crippen LogP contribution in [0.2, 0.25) is 0 Å². The minimum atomic E-state index is 0.599. The first-order valence-electron chi connectivity index (χ1n) is 5.72. The molecule has 76 valence electrons. The van der Waals surface area contributed by atoms with Gasteiger partial charge in [-0.25, -0.2) is 0 Å². The first-order valence-corrected chi connectivity index (χ1v) is 5.72. The van der Waals surface area contributed by atoms with E-state index in [1.807, 2.05) is 0 Å². The molecule has 13 heavy (non-hydrogen) atoms. The summed E-state index contributed by atoms with van der Waals surface area (Å²) in [4.78, 5) is 2.75. The summed E-state index contributed by atoms with van der Waals surface area (Å²) in [5.41, 5.74) is 1.23. The van der Waals surface area contributed by atoms with Gasteiger partial charge >= 0.3 is 0 Å². The fourth-order valence-electron chi connectivity index (χ4n) is 3.16. The molecule has 0 aromatic heterocycles. The molecule has 2 rings (SSSR count). The van der Waals surface area contributed by atoms with Crippen molar-refractivity contribution in [2.75, 3.05) is 6.54 Å². The van der Waals surface area contributed by atoms with E-state index in [2.05, 4.69) is 32.6 Å². The van der Waals surface area contributed by atoms with Crippen LogP contribution in [0.3, 0.4) is 0 Å². The molecule has 1 aliphatic carbocycles. The van der Waals surface area contributed by atoms with Gasteiger partial charge in [0.15, 0.2) is 0 Å². The molecule has 0 aromatic carbocycles. The molecule has 0 unspecified atom stereocenters. The van der Waals surface area contributed by atoms with Crippen molar-refractivity contribution < 1.29 is 0 Å². The Morgan fingerprint density at radius 1 is 1.08 bits per heavy atom. The van der Waals surface area contributed by atoms with E-state index < -0.39 is 0 Å². The lowest BCUT2D eigenvalue weighted by molar-refractivity contribution is 0.0310. The Morgan fingerprint density at radius 3 is 2.15 bits per heavy atom. The van der Waals surface area contributed by atoms with Crippen LogP contribution in [-0.2, 0) is 0 Å². The lowest BCUT2D eigenvalue weighted by Crippen LogP contribution is -2.50. The van der Waals surface area contributed by atoms with Crippen molar-refractivity contribution in [1.29, 1.82) is 0 Å². The maximum absolute atomic E-state index is 2.75. The van der Waals surface area contributed by atoms with Gasteiger partial charge in [0.2, 0.25) is 0 Å². The summed E-state index contributed by atoms with van der Waals surface area (Å²) in [6, 6.07) is 0.749. The quantitative estimate of drug-likeness (QED) is 0.601. The largest absolute Gasteiger partial charge is 0.295 e. The van der Waals surface area contributed by atoms with Gasteiger partial charge in [0.05, 0.1) is 0 Å². The number of hydrogen-bond donors (Lipinski definition) is 0. The number of piperidine rings is 1. The van der Waals surface area contributed by atoms with Gasteiger partial charge in [-0.05, 0) is 51.5 Å². The topological polar surface area (TPSA) is 3.24 Å². The van der Waals surface area contributed by atoms with E-state index in [4.69, 9.17) is 0 Å². The minimum Gasteiger partial charge on any atom is -0.295 e. The highest BCUT2D eigenvalue weighted by Crippen LogP contribution is 2.54. The molecule has 0 atom stereocenters. The van der Waals surface area contributed by atoms with Crippen molar-refractivity contribution in [3.8, 4) is 0 Å². The first kappa shape index (κ1) is 9.51. The van der Waals surface area contributed by atoms with Gasteiger partial charge in [0.25, 0.3) is 0 Å². The highest BCUT2D eigenvalue weighted by molar-refractivity contribution is 5.09. The van der Waals surface area contributed by atoms with Gasteiger partial charge < -0.3 is 0 Å². The third-order valence-electron chi connectivity index (χ3n) is 3.90. The molecule has 0 radical (unpaired) electrons. The molecular formula is C12H23N. The lowest BCUT2D eigenvalue weighted by atomic mass is 9.77. The van der Waals surface area contributed by atoms with E-state index in [0.717, 1.165) is 6.04 Å². The molecule has 1 heteroatoms. The van der Waals surface area contributed by atoms with Crippen LogP contribution < -0.4 is 0 Å². The van der Waals surface area contributed by atoms with Crippen molar-refractivity contribution in [1.82, 2.24) is 4.90 Å². The Hall–Kier alpha value is -0.0400. The van der Waals surface area contributed by atoms with Gasteiger partial charge in [0, 0.05) is 11.6 Å². The first-order chi connectivity index (χ1) is 5.95. The Bertz CT molecular complexity index is 201. The number of hydrogen-bond acceptors (Lipinski definition) is 1.